The van der Waals surface area contributed by atoms with Crippen LogP contribution in [0.2, 0.25) is 5.02 Å². The summed E-state index contributed by atoms with van der Waals surface area (Å²) in [5.74, 6) is 2.98. The van der Waals surface area contributed by atoms with E-state index in [1.165, 1.54) is 0 Å². The first-order chi connectivity index (χ1) is 18.6. The van der Waals surface area contributed by atoms with Crippen LogP contribution in [0.5, 0.6) is 11.5 Å². The maximum absolute atomic E-state index is 6.40. The van der Waals surface area contributed by atoms with Crippen LogP contribution in [-0.2, 0) is 4.74 Å². The molecule has 5 heterocycles. The summed E-state index contributed by atoms with van der Waals surface area (Å²) in [5.41, 5.74) is 3.61. The SMILES string of the molecule is COc1cc(OC)c(-c2cn3ccc(N4CCN(c5ccnc(N6CCOCC6)n5)CC4)cc3n2)cc1Cl. The highest BCUT2D eigenvalue weighted by atomic mass is 35.5. The molecule has 6 rings (SSSR count). The lowest BCUT2D eigenvalue weighted by Crippen LogP contribution is -2.47. The lowest BCUT2D eigenvalue weighted by Gasteiger charge is -2.37. The second-order valence-electron chi connectivity index (χ2n) is 9.25. The first-order valence-corrected chi connectivity index (χ1v) is 13.1. The average Bonchev–Trinajstić information content (AvgIpc) is 3.41. The Morgan fingerprint density at radius 3 is 2.37 bits per heavy atom. The van der Waals surface area contributed by atoms with Gasteiger partial charge in [-0.15, -0.1) is 0 Å². The number of nitrogens with zero attached hydrogens (tertiary/aromatic N) is 7. The molecule has 198 valence electrons. The number of fused-ring (bicyclic) bond motifs is 1. The average molecular weight is 536 g/mol. The molecule has 2 aliphatic rings. The summed E-state index contributed by atoms with van der Waals surface area (Å²) in [7, 11) is 3.22. The molecule has 2 fully saturated rings. The van der Waals surface area contributed by atoms with E-state index in [0.717, 1.165) is 86.8 Å². The van der Waals surface area contributed by atoms with Gasteiger partial charge < -0.3 is 33.3 Å². The van der Waals surface area contributed by atoms with Gasteiger partial charge in [0.2, 0.25) is 5.95 Å². The lowest BCUT2D eigenvalue weighted by molar-refractivity contribution is 0.122. The van der Waals surface area contributed by atoms with Crippen molar-refractivity contribution >= 4 is 34.7 Å². The Kier molecular flexibility index (Phi) is 6.82. The third-order valence-corrected chi connectivity index (χ3v) is 7.38. The molecule has 0 unspecified atom stereocenters. The van der Waals surface area contributed by atoms with Gasteiger partial charge in [0.15, 0.2) is 0 Å². The summed E-state index contributed by atoms with van der Waals surface area (Å²) in [6.45, 7) is 6.63. The van der Waals surface area contributed by atoms with E-state index in [9.17, 15) is 0 Å². The van der Waals surface area contributed by atoms with Gasteiger partial charge in [-0.25, -0.2) is 9.97 Å². The molecule has 1 aromatic carbocycles. The number of methoxy groups -OCH3 is 2. The molecule has 2 aliphatic heterocycles. The van der Waals surface area contributed by atoms with Crippen molar-refractivity contribution in [3.63, 3.8) is 0 Å². The number of hydrogen-bond donors (Lipinski definition) is 0. The minimum Gasteiger partial charge on any atom is -0.496 e. The number of anilines is 3. The smallest absolute Gasteiger partial charge is 0.227 e. The van der Waals surface area contributed by atoms with Crippen molar-refractivity contribution in [2.24, 2.45) is 0 Å². The minimum atomic E-state index is 0.514. The van der Waals surface area contributed by atoms with Gasteiger partial charge in [0.25, 0.3) is 0 Å². The van der Waals surface area contributed by atoms with Crippen LogP contribution < -0.4 is 24.2 Å². The zero-order valence-corrected chi connectivity index (χ0v) is 22.3. The van der Waals surface area contributed by atoms with E-state index in [-0.39, 0.29) is 0 Å². The second-order valence-corrected chi connectivity index (χ2v) is 9.66. The van der Waals surface area contributed by atoms with Crippen molar-refractivity contribution < 1.29 is 14.2 Å². The maximum Gasteiger partial charge on any atom is 0.227 e. The number of ether oxygens (including phenoxy) is 3. The highest BCUT2D eigenvalue weighted by Gasteiger charge is 2.21. The molecule has 0 aliphatic carbocycles. The second kappa shape index (κ2) is 10.5. The van der Waals surface area contributed by atoms with Gasteiger partial charge in [-0.1, -0.05) is 11.6 Å². The van der Waals surface area contributed by atoms with Crippen molar-refractivity contribution in [3.05, 3.63) is 53.9 Å². The van der Waals surface area contributed by atoms with Gasteiger partial charge in [-0.05, 0) is 18.2 Å². The molecule has 0 spiro atoms. The summed E-state index contributed by atoms with van der Waals surface area (Å²) in [4.78, 5) is 21.1. The summed E-state index contributed by atoms with van der Waals surface area (Å²) >= 11 is 6.40. The fraction of sp³-hybridized carbons (Fsp3) is 0.370. The number of piperazine rings is 1. The van der Waals surface area contributed by atoms with Crippen molar-refractivity contribution in [1.29, 1.82) is 0 Å². The van der Waals surface area contributed by atoms with Gasteiger partial charge in [-0.2, -0.15) is 4.98 Å². The first-order valence-electron chi connectivity index (χ1n) is 12.7. The third kappa shape index (κ3) is 4.77. The summed E-state index contributed by atoms with van der Waals surface area (Å²) in [6.07, 6.45) is 5.89. The van der Waals surface area contributed by atoms with E-state index in [0.29, 0.717) is 16.5 Å². The van der Waals surface area contributed by atoms with Crippen molar-refractivity contribution in [2.45, 2.75) is 0 Å². The topological polar surface area (TPSA) is 80.5 Å². The van der Waals surface area contributed by atoms with Crippen molar-refractivity contribution in [1.82, 2.24) is 19.4 Å². The van der Waals surface area contributed by atoms with E-state index in [1.807, 2.05) is 35.1 Å². The molecular weight excluding hydrogens is 506 g/mol. The predicted molar refractivity (Wildman–Crippen MR) is 148 cm³/mol. The monoisotopic (exact) mass is 535 g/mol. The van der Waals surface area contributed by atoms with Crippen LogP contribution in [0.15, 0.2) is 48.9 Å². The van der Waals surface area contributed by atoms with Gasteiger partial charge in [0.05, 0.1) is 38.1 Å². The molecule has 2 saturated heterocycles. The molecule has 38 heavy (non-hydrogen) atoms. The number of benzene rings is 1. The Bertz CT molecular complexity index is 1430. The summed E-state index contributed by atoms with van der Waals surface area (Å²) < 4.78 is 18.4. The number of pyridine rings is 1. The van der Waals surface area contributed by atoms with Crippen LogP contribution in [0.4, 0.5) is 17.5 Å². The molecule has 0 amide bonds. The molecule has 0 bridgehead atoms. The van der Waals surface area contributed by atoms with Crippen molar-refractivity contribution in [3.8, 4) is 22.8 Å². The number of hydrogen-bond acceptors (Lipinski definition) is 9. The molecule has 0 atom stereocenters. The zero-order valence-electron chi connectivity index (χ0n) is 21.5. The molecule has 3 aromatic heterocycles. The largest absolute Gasteiger partial charge is 0.496 e. The Morgan fingerprint density at radius 2 is 1.61 bits per heavy atom. The van der Waals surface area contributed by atoms with Crippen LogP contribution in [0.25, 0.3) is 16.9 Å². The number of morpholine rings is 1. The molecule has 11 heteroatoms. The normalized spacial score (nSPS) is 16.2. The molecule has 10 nitrogen and oxygen atoms in total. The Labute approximate surface area is 226 Å². The zero-order chi connectivity index (χ0) is 26.1. The van der Waals surface area contributed by atoms with Gasteiger partial charge in [0.1, 0.15) is 23.0 Å². The standard InChI is InChI=1S/C27H30ClN7O3/c1-36-23-17-24(37-2)21(28)16-20(23)22-18-35-6-4-19(15-26(35)30-22)32-7-9-33(10-8-32)25-3-5-29-27(31-25)34-11-13-38-14-12-34/h3-6,15-18H,7-14H2,1-2H3. The summed E-state index contributed by atoms with van der Waals surface area (Å²) in [6, 6.07) is 9.87. The summed E-state index contributed by atoms with van der Waals surface area (Å²) in [5, 5.41) is 0.514. The number of rotatable bonds is 6. The molecular formula is C27H30ClN7O3. The van der Waals surface area contributed by atoms with E-state index in [4.69, 9.17) is 35.8 Å². The molecule has 4 aromatic rings. The van der Waals surface area contributed by atoms with Crippen LogP contribution in [-0.4, -0.2) is 86.1 Å². The minimum absolute atomic E-state index is 0.514. The Hall–Kier alpha value is -3.76. The Morgan fingerprint density at radius 1 is 0.842 bits per heavy atom. The number of aromatic nitrogens is 4. The van der Waals surface area contributed by atoms with E-state index < -0.39 is 0 Å². The predicted octanol–water partition coefficient (Wildman–Crippen LogP) is 3.63. The van der Waals surface area contributed by atoms with Gasteiger partial charge in [0, 0.05) is 81.2 Å². The van der Waals surface area contributed by atoms with E-state index >= 15 is 0 Å². The lowest BCUT2D eigenvalue weighted by atomic mass is 10.1. The Balaban J connectivity index is 1.17. The quantitative estimate of drug-likeness (QED) is 0.367. The number of imidazole rings is 1. The van der Waals surface area contributed by atoms with E-state index in [1.54, 1.807) is 20.3 Å². The highest BCUT2D eigenvalue weighted by molar-refractivity contribution is 6.32. The van der Waals surface area contributed by atoms with Gasteiger partial charge in [-0.3, -0.25) is 0 Å². The van der Waals surface area contributed by atoms with Crippen LogP contribution >= 0.6 is 11.6 Å². The first kappa shape index (κ1) is 24.6. The highest BCUT2D eigenvalue weighted by Crippen LogP contribution is 2.38. The van der Waals surface area contributed by atoms with Crippen LogP contribution in [0.1, 0.15) is 0 Å². The van der Waals surface area contributed by atoms with Gasteiger partial charge >= 0.3 is 0 Å². The van der Waals surface area contributed by atoms with Crippen LogP contribution in [0.3, 0.4) is 0 Å². The van der Waals surface area contributed by atoms with Crippen LogP contribution in [0, 0.1) is 0 Å². The van der Waals surface area contributed by atoms with Crippen molar-refractivity contribution in [2.75, 3.05) is 81.4 Å². The maximum atomic E-state index is 6.40. The number of halogens is 1. The molecule has 0 radical (unpaired) electrons. The third-order valence-electron chi connectivity index (χ3n) is 7.08. The fourth-order valence-corrected chi connectivity index (χ4v) is 5.22. The molecule has 0 saturated carbocycles. The van der Waals surface area contributed by atoms with E-state index in [2.05, 4.69) is 31.8 Å². The fourth-order valence-electron chi connectivity index (χ4n) is 4.98. The molecule has 0 N–H and O–H groups in total.